The van der Waals surface area contributed by atoms with Crippen molar-refractivity contribution in [2.75, 3.05) is 0 Å². The van der Waals surface area contributed by atoms with Gasteiger partial charge < -0.3 is 5.11 Å². The van der Waals surface area contributed by atoms with Crippen LogP contribution in [0.4, 0.5) is 0 Å². The van der Waals surface area contributed by atoms with Gasteiger partial charge in [0.1, 0.15) is 11.6 Å². The molecule has 8 aromatic rings. The van der Waals surface area contributed by atoms with Crippen LogP contribution in [-0.4, -0.2) is 19.6 Å². The normalized spacial score (nSPS) is 13.5. The predicted molar refractivity (Wildman–Crippen MR) is 244 cm³/mol. The maximum atomic E-state index is 12.3. The minimum Gasteiger partial charge on any atom is -0.507 e. The molecule has 2 aromatic heterocycles. The number of para-hydroxylation sites is 2. The molecular formula is C54H53N3O. The SMILES string of the molecule is [2H]c1c([2H])c([2H])c(-n2c(-c3cc(C(C)(C)C)cc(C(C)(C)C)c3O)nc3c(-c4cc(-c5ccccc5)cc(-c5cc(-c6ccc(C(C)(C)C)cc6)ccn5)c4)cccc32)c([2H])c1[2H]. The summed E-state index contributed by atoms with van der Waals surface area (Å²) < 4.78 is 45.8. The Morgan fingerprint density at radius 1 is 0.534 bits per heavy atom. The number of phenolic OH excluding ortho intramolecular Hbond substituents is 1. The number of nitrogens with zero attached hydrogens (tertiary/aromatic N) is 3. The second-order valence-corrected chi connectivity index (χ2v) is 18.3. The average Bonchev–Trinajstić information content (AvgIpc) is 3.63. The number of fused-ring (bicyclic) bond motifs is 1. The lowest BCUT2D eigenvalue weighted by molar-refractivity contribution is 0.446. The van der Waals surface area contributed by atoms with E-state index in [4.69, 9.17) is 14.1 Å². The topological polar surface area (TPSA) is 50.9 Å². The fraction of sp³-hybridized carbons (Fsp3) is 0.222. The van der Waals surface area contributed by atoms with Gasteiger partial charge in [0.05, 0.1) is 29.1 Å². The molecule has 0 aliphatic carbocycles. The molecule has 0 radical (unpaired) electrons. The van der Waals surface area contributed by atoms with Crippen LogP contribution in [0, 0.1) is 0 Å². The maximum absolute atomic E-state index is 12.3. The Hall–Kier alpha value is -6.26. The highest BCUT2D eigenvalue weighted by Gasteiger charge is 2.28. The van der Waals surface area contributed by atoms with Gasteiger partial charge in [-0.15, -0.1) is 0 Å². The van der Waals surface area contributed by atoms with E-state index in [2.05, 4.69) is 102 Å². The van der Waals surface area contributed by atoms with Crippen LogP contribution in [0.25, 0.3) is 72.7 Å². The molecule has 0 saturated carbocycles. The Morgan fingerprint density at radius 3 is 1.86 bits per heavy atom. The Morgan fingerprint density at radius 2 is 1.19 bits per heavy atom. The van der Waals surface area contributed by atoms with E-state index in [0.717, 1.165) is 50.2 Å². The molecule has 2 heterocycles. The van der Waals surface area contributed by atoms with Crippen LogP contribution in [0.1, 0.15) is 85.9 Å². The minimum atomic E-state index is -0.488. The molecule has 0 bridgehead atoms. The van der Waals surface area contributed by atoms with Gasteiger partial charge in [-0.25, -0.2) is 4.98 Å². The highest BCUT2D eigenvalue weighted by atomic mass is 16.3. The summed E-state index contributed by atoms with van der Waals surface area (Å²) in [6, 6.07) is 36.9. The van der Waals surface area contributed by atoms with E-state index in [1.807, 2.05) is 81.6 Å². The van der Waals surface area contributed by atoms with Crippen LogP contribution in [0.3, 0.4) is 0 Å². The minimum absolute atomic E-state index is 0.0216. The first-order chi connectivity index (χ1) is 29.6. The number of benzene rings is 6. The smallest absolute Gasteiger partial charge is 0.149 e. The summed E-state index contributed by atoms with van der Waals surface area (Å²) in [5, 5.41) is 12.3. The first kappa shape index (κ1) is 32.8. The van der Waals surface area contributed by atoms with Gasteiger partial charge >= 0.3 is 0 Å². The molecule has 0 atom stereocenters. The zero-order valence-corrected chi connectivity index (χ0v) is 34.8. The van der Waals surface area contributed by atoms with Crippen LogP contribution in [0.15, 0.2) is 152 Å². The summed E-state index contributed by atoms with van der Waals surface area (Å²) in [4.78, 5) is 10.2. The number of hydrogen-bond donors (Lipinski definition) is 1. The molecule has 8 rings (SSSR count). The summed E-state index contributed by atoms with van der Waals surface area (Å²) in [6.45, 7) is 19.1. The van der Waals surface area contributed by atoms with E-state index in [-0.39, 0.29) is 40.2 Å². The molecule has 290 valence electrons. The van der Waals surface area contributed by atoms with Crippen molar-refractivity contribution in [3.05, 3.63) is 168 Å². The third kappa shape index (κ3) is 7.47. The van der Waals surface area contributed by atoms with Crippen molar-refractivity contribution in [3.63, 3.8) is 0 Å². The lowest BCUT2D eigenvalue weighted by atomic mass is 9.79. The van der Waals surface area contributed by atoms with Crippen molar-refractivity contribution in [2.24, 2.45) is 0 Å². The number of rotatable bonds is 6. The van der Waals surface area contributed by atoms with Gasteiger partial charge in [0.2, 0.25) is 0 Å². The number of aromatic hydroxyl groups is 1. The Balaban J connectivity index is 1.42. The van der Waals surface area contributed by atoms with Gasteiger partial charge in [0.25, 0.3) is 0 Å². The van der Waals surface area contributed by atoms with Gasteiger partial charge in [-0.2, -0.15) is 0 Å². The summed E-state index contributed by atoms with van der Waals surface area (Å²) in [5.74, 6) is 0.282. The number of phenols is 1. The third-order valence-corrected chi connectivity index (χ3v) is 10.9. The zero-order chi connectivity index (χ0) is 45.3. The quantitative estimate of drug-likeness (QED) is 0.183. The highest BCUT2D eigenvalue weighted by Crippen LogP contribution is 2.45. The molecule has 0 fully saturated rings. The van der Waals surface area contributed by atoms with E-state index < -0.39 is 23.5 Å². The second kappa shape index (κ2) is 14.6. The molecule has 58 heavy (non-hydrogen) atoms. The van der Waals surface area contributed by atoms with Crippen molar-refractivity contribution < 1.29 is 12.0 Å². The summed E-state index contributed by atoms with van der Waals surface area (Å²) in [7, 11) is 0. The van der Waals surface area contributed by atoms with E-state index in [1.54, 1.807) is 4.57 Å². The number of pyridine rings is 1. The van der Waals surface area contributed by atoms with Crippen LogP contribution in [0.2, 0.25) is 0 Å². The van der Waals surface area contributed by atoms with Crippen molar-refractivity contribution in [1.82, 2.24) is 14.5 Å². The lowest BCUT2D eigenvalue weighted by Gasteiger charge is -2.27. The first-order valence-corrected chi connectivity index (χ1v) is 19.9. The summed E-state index contributed by atoms with van der Waals surface area (Å²) >= 11 is 0. The molecule has 4 nitrogen and oxygen atoms in total. The van der Waals surface area contributed by atoms with Crippen LogP contribution in [-0.2, 0) is 16.2 Å². The number of aromatic nitrogens is 3. The zero-order valence-electron chi connectivity index (χ0n) is 39.8. The van der Waals surface area contributed by atoms with Crippen LogP contribution < -0.4 is 0 Å². The first-order valence-electron chi connectivity index (χ1n) is 22.4. The summed E-state index contributed by atoms with van der Waals surface area (Å²) in [5.41, 5.74) is 11.0. The Bertz CT molecular complexity index is 3030. The Labute approximate surface area is 351 Å². The van der Waals surface area contributed by atoms with Crippen LogP contribution >= 0.6 is 0 Å². The lowest BCUT2D eigenvalue weighted by Crippen LogP contribution is -2.17. The molecule has 4 heteroatoms. The van der Waals surface area contributed by atoms with E-state index >= 15 is 0 Å². The molecule has 0 saturated heterocycles. The summed E-state index contributed by atoms with van der Waals surface area (Å²) in [6.07, 6.45) is 1.84. The van der Waals surface area contributed by atoms with Gasteiger partial charge in [-0.3, -0.25) is 9.55 Å². The van der Waals surface area contributed by atoms with E-state index in [0.29, 0.717) is 22.2 Å². The van der Waals surface area contributed by atoms with E-state index in [9.17, 15) is 7.85 Å². The van der Waals surface area contributed by atoms with Crippen molar-refractivity contribution in [2.45, 2.75) is 78.6 Å². The molecule has 6 aromatic carbocycles. The maximum Gasteiger partial charge on any atom is 0.149 e. The fourth-order valence-electron chi connectivity index (χ4n) is 7.56. The van der Waals surface area contributed by atoms with E-state index in [1.165, 1.54) is 5.56 Å². The monoisotopic (exact) mass is 764 g/mol. The molecule has 0 aliphatic heterocycles. The molecular weight excluding hydrogens is 707 g/mol. The molecule has 1 N–H and O–H groups in total. The fourth-order valence-corrected chi connectivity index (χ4v) is 7.56. The number of hydrogen-bond acceptors (Lipinski definition) is 3. The number of imidazole rings is 1. The molecule has 0 unspecified atom stereocenters. The van der Waals surface area contributed by atoms with Crippen molar-refractivity contribution >= 4 is 11.0 Å². The van der Waals surface area contributed by atoms with Crippen LogP contribution in [0.5, 0.6) is 5.75 Å². The van der Waals surface area contributed by atoms with Gasteiger partial charge in [-0.1, -0.05) is 153 Å². The van der Waals surface area contributed by atoms with Crippen molar-refractivity contribution in [1.29, 1.82) is 0 Å². The van der Waals surface area contributed by atoms with Crippen molar-refractivity contribution in [3.8, 4) is 67.5 Å². The third-order valence-electron chi connectivity index (χ3n) is 10.9. The second-order valence-electron chi connectivity index (χ2n) is 18.3. The Kier molecular flexibility index (Phi) is 8.25. The molecule has 0 amide bonds. The largest absolute Gasteiger partial charge is 0.507 e. The average molecular weight is 765 g/mol. The van der Waals surface area contributed by atoms with Gasteiger partial charge in [-0.05, 0) is 110 Å². The standard InChI is InChI=1S/C54H53N3O/c1-52(2,3)41-25-23-36(24-26-41)37-27-28-55-47(32-37)40-30-38(35-17-12-10-13-18-35)29-39(31-40)44-21-16-22-48-49(44)56-51(57(48)43-19-14-11-15-20-43)45-33-42(53(4,5)6)34-46(50(45)58)54(7,8)9/h10-34,58H,1-9H3/i11D,14D,15D,19D,20D. The van der Waals surface area contributed by atoms with Gasteiger partial charge in [0, 0.05) is 28.6 Å². The highest BCUT2D eigenvalue weighted by molar-refractivity contribution is 5.97. The molecule has 0 aliphatic rings. The predicted octanol–water partition coefficient (Wildman–Crippen LogP) is 14.4. The van der Waals surface area contributed by atoms with Gasteiger partial charge in [0.15, 0.2) is 0 Å². The molecule has 0 spiro atoms.